The molecule has 0 bridgehead atoms. The molecule has 1 atom stereocenters. The quantitative estimate of drug-likeness (QED) is 0.186. The van der Waals surface area contributed by atoms with Crippen LogP contribution in [-0.4, -0.2) is 54.2 Å². The number of rotatable bonds is 9. The maximum Gasteiger partial charge on any atom is 0.329 e. The van der Waals surface area contributed by atoms with Crippen LogP contribution in [0.15, 0.2) is 24.1 Å². The highest BCUT2D eigenvalue weighted by atomic mass is 79.9. The molecule has 1 aliphatic heterocycles. The zero-order chi connectivity index (χ0) is 18.9. The Bertz CT molecular complexity index is 471. The summed E-state index contributed by atoms with van der Waals surface area (Å²) in [6.07, 6.45) is 4.57. The summed E-state index contributed by atoms with van der Waals surface area (Å²) < 4.78 is 16.8. The lowest BCUT2D eigenvalue weighted by Gasteiger charge is -2.38. The van der Waals surface area contributed by atoms with Crippen LogP contribution < -0.4 is 0 Å². The summed E-state index contributed by atoms with van der Waals surface area (Å²) in [4.78, 5) is 14.7. The molecule has 6 heteroatoms. The van der Waals surface area contributed by atoms with Crippen molar-refractivity contribution in [3.63, 3.8) is 0 Å². The van der Waals surface area contributed by atoms with E-state index in [1.165, 1.54) is 0 Å². The number of piperidine rings is 1. The third kappa shape index (κ3) is 7.82. The maximum atomic E-state index is 12.6. The fraction of sp³-hybridized carbons (Fsp3) is 0.737. The topological polar surface area (TPSA) is 48.0 Å². The van der Waals surface area contributed by atoms with Crippen LogP contribution in [-0.2, 0) is 19.0 Å². The fourth-order valence-electron chi connectivity index (χ4n) is 2.77. The van der Waals surface area contributed by atoms with Gasteiger partial charge in [-0.15, -0.1) is 0 Å². The van der Waals surface area contributed by atoms with Crippen molar-refractivity contribution in [1.82, 2.24) is 4.90 Å². The van der Waals surface area contributed by atoms with Gasteiger partial charge in [-0.3, -0.25) is 0 Å². The first kappa shape index (κ1) is 22.0. The second kappa shape index (κ2) is 10.9. The molecule has 0 aromatic heterocycles. The summed E-state index contributed by atoms with van der Waals surface area (Å²) in [6, 6.07) is -0.267. The number of carbonyl (C=O) groups excluding carboxylic acids is 1. The van der Waals surface area contributed by atoms with E-state index < -0.39 is 5.60 Å². The first-order valence-corrected chi connectivity index (χ1v) is 10.0. The molecule has 0 amide bonds. The lowest BCUT2D eigenvalue weighted by atomic mass is 10.0. The van der Waals surface area contributed by atoms with Gasteiger partial charge in [-0.25, -0.2) is 4.79 Å². The van der Waals surface area contributed by atoms with Gasteiger partial charge in [-0.2, -0.15) is 0 Å². The number of hydrogen-bond acceptors (Lipinski definition) is 5. The largest absolute Gasteiger partial charge is 0.489 e. The van der Waals surface area contributed by atoms with E-state index in [1.54, 1.807) is 6.08 Å². The molecule has 5 nitrogen and oxygen atoms in total. The SMILES string of the molecule is C=CC(OCCOCCBr)=C(C)N1CCCC[C@H]1C(=O)OC(C)(C)C. The maximum absolute atomic E-state index is 12.6. The molecule has 25 heavy (non-hydrogen) atoms. The molecule has 0 radical (unpaired) electrons. The minimum Gasteiger partial charge on any atom is -0.489 e. The molecular weight excluding hydrogens is 386 g/mol. The molecule has 1 fully saturated rings. The number of alkyl halides is 1. The molecule has 0 spiro atoms. The summed E-state index contributed by atoms with van der Waals surface area (Å²) in [5, 5.41) is 0.807. The van der Waals surface area contributed by atoms with Crippen molar-refractivity contribution in [2.45, 2.75) is 58.6 Å². The summed E-state index contributed by atoms with van der Waals surface area (Å²) in [6.45, 7) is 13.9. The van der Waals surface area contributed by atoms with Gasteiger partial charge in [0.2, 0.25) is 0 Å². The number of esters is 1. The highest BCUT2D eigenvalue weighted by Gasteiger charge is 2.33. The van der Waals surface area contributed by atoms with E-state index in [2.05, 4.69) is 27.4 Å². The monoisotopic (exact) mass is 417 g/mol. The van der Waals surface area contributed by atoms with E-state index >= 15 is 0 Å². The molecule has 0 aliphatic carbocycles. The van der Waals surface area contributed by atoms with Crippen LogP contribution in [0.2, 0.25) is 0 Å². The van der Waals surface area contributed by atoms with Gasteiger partial charge in [0, 0.05) is 11.9 Å². The van der Waals surface area contributed by atoms with E-state index in [9.17, 15) is 4.79 Å². The molecule has 1 aliphatic rings. The van der Waals surface area contributed by atoms with Crippen LogP contribution in [0.3, 0.4) is 0 Å². The Hall–Kier alpha value is -1.01. The van der Waals surface area contributed by atoms with Gasteiger partial charge < -0.3 is 19.1 Å². The molecule has 0 saturated carbocycles. The Morgan fingerprint density at radius 3 is 2.60 bits per heavy atom. The first-order chi connectivity index (χ1) is 11.8. The fourth-order valence-corrected chi connectivity index (χ4v) is 3.00. The number of likely N-dealkylation sites (tertiary alicyclic amines) is 1. The highest BCUT2D eigenvalue weighted by molar-refractivity contribution is 9.09. The highest BCUT2D eigenvalue weighted by Crippen LogP contribution is 2.26. The Morgan fingerprint density at radius 2 is 2.00 bits per heavy atom. The number of allylic oxidation sites excluding steroid dienone is 2. The zero-order valence-electron chi connectivity index (χ0n) is 16.0. The van der Waals surface area contributed by atoms with E-state index in [0.717, 1.165) is 36.8 Å². The van der Waals surface area contributed by atoms with Crippen LogP contribution in [0.25, 0.3) is 0 Å². The Labute approximate surface area is 160 Å². The molecule has 0 aromatic rings. The van der Waals surface area contributed by atoms with Gasteiger partial charge >= 0.3 is 5.97 Å². The number of halogens is 1. The molecule has 0 unspecified atom stereocenters. The van der Waals surface area contributed by atoms with Crippen LogP contribution in [0.5, 0.6) is 0 Å². The van der Waals surface area contributed by atoms with Crippen molar-refractivity contribution < 1.29 is 19.0 Å². The number of carbonyl (C=O) groups is 1. The van der Waals surface area contributed by atoms with Gasteiger partial charge in [-0.1, -0.05) is 22.5 Å². The third-order valence-electron chi connectivity index (χ3n) is 3.86. The van der Waals surface area contributed by atoms with Crippen LogP contribution in [0.1, 0.15) is 47.0 Å². The van der Waals surface area contributed by atoms with Crippen molar-refractivity contribution in [3.05, 3.63) is 24.1 Å². The molecule has 0 N–H and O–H groups in total. The average molecular weight is 418 g/mol. The van der Waals surface area contributed by atoms with E-state index in [4.69, 9.17) is 14.2 Å². The molecule has 1 heterocycles. The smallest absolute Gasteiger partial charge is 0.329 e. The molecule has 0 aromatic carbocycles. The lowest BCUT2D eigenvalue weighted by molar-refractivity contribution is -0.161. The van der Waals surface area contributed by atoms with Gasteiger partial charge in [0.25, 0.3) is 0 Å². The molecule has 1 saturated heterocycles. The van der Waals surface area contributed by atoms with Crippen LogP contribution >= 0.6 is 15.9 Å². The standard InChI is InChI=1S/C19H32BrNO4/c1-6-17(24-14-13-23-12-10-20)15(2)21-11-8-7-9-16(21)18(22)25-19(3,4)5/h6,16H,1,7-14H2,2-5H3/t16-/m0/s1. The Kier molecular flexibility index (Phi) is 9.57. The summed E-state index contributed by atoms with van der Waals surface area (Å²) in [5.74, 6) is 0.522. The molecule has 144 valence electrons. The number of hydrogen-bond donors (Lipinski definition) is 0. The minimum absolute atomic E-state index is 0.171. The van der Waals surface area contributed by atoms with Crippen molar-refractivity contribution in [2.24, 2.45) is 0 Å². The normalized spacial score (nSPS) is 19.2. The lowest BCUT2D eigenvalue weighted by Crippen LogP contribution is -2.46. The third-order valence-corrected chi connectivity index (χ3v) is 4.18. The van der Waals surface area contributed by atoms with Crippen LogP contribution in [0.4, 0.5) is 0 Å². The Balaban J connectivity index is 2.79. The van der Waals surface area contributed by atoms with E-state index in [1.807, 2.05) is 27.7 Å². The molecular formula is C19H32BrNO4. The number of ether oxygens (including phenoxy) is 3. The first-order valence-electron chi connectivity index (χ1n) is 8.89. The predicted octanol–water partition coefficient (Wildman–Crippen LogP) is 4.03. The van der Waals surface area contributed by atoms with Crippen molar-refractivity contribution in [1.29, 1.82) is 0 Å². The van der Waals surface area contributed by atoms with Gasteiger partial charge in [-0.05, 0) is 53.0 Å². The van der Waals surface area contributed by atoms with Crippen LogP contribution in [0, 0.1) is 0 Å². The van der Waals surface area contributed by atoms with Gasteiger partial charge in [0.1, 0.15) is 24.0 Å². The minimum atomic E-state index is -0.484. The average Bonchev–Trinajstić information content (AvgIpc) is 2.56. The van der Waals surface area contributed by atoms with Gasteiger partial charge in [0.05, 0.1) is 18.9 Å². The van der Waals surface area contributed by atoms with Crippen molar-refractivity contribution in [3.8, 4) is 0 Å². The van der Waals surface area contributed by atoms with E-state index in [0.29, 0.717) is 25.6 Å². The summed E-state index contributed by atoms with van der Waals surface area (Å²) in [5.41, 5.74) is 0.438. The second-order valence-corrected chi connectivity index (χ2v) is 7.84. The van der Waals surface area contributed by atoms with E-state index in [-0.39, 0.29) is 12.0 Å². The zero-order valence-corrected chi connectivity index (χ0v) is 17.6. The summed E-state index contributed by atoms with van der Waals surface area (Å²) in [7, 11) is 0. The van der Waals surface area contributed by atoms with Gasteiger partial charge in [0.15, 0.2) is 0 Å². The second-order valence-electron chi connectivity index (χ2n) is 7.04. The van der Waals surface area contributed by atoms with Crippen molar-refractivity contribution >= 4 is 21.9 Å². The van der Waals surface area contributed by atoms with Crippen molar-refractivity contribution in [2.75, 3.05) is 31.7 Å². The number of nitrogens with zero attached hydrogens (tertiary/aromatic N) is 1. The Morgan fingerprint density at radius 1 is 1.28 bits per heavy atom. The summed E-state index contributed by atoms with van der Waals surface area (Å²) >= 11 is 3.32. The predicted molar refractivity (Wildman–Crippen MR) is 104 cm³/mol. The molecule has 1 rings (SSSR count).